The first-order valence-electron chi connectivity index (χ1n) is 6.77. The Labute approximate surface area is 131 Å². The Kier molecular flexibility index (Phi) is 5.39. The molecule has 0 radical (unpaired) electrons. The van der Waals surface area contributed by atoms with Gasteiger partial charge in [0.05, 0.1) is 19.3 Å². The normalized spacial score (nSPS) is 30.7. The maximum absolute atomic E-state index is 10.9. The first kappa shape index (κ1) is 17.4. The molecule has 0 aliphatic carbocycles. The van der Waals surface area contributed by atoms with Crippen LogP contribution in [-0.4, -0.2) is 75.9 Å². The standard InChI is InChI=1S/C14H18O9/c1-21-8-4-6(13(19)20)2-3-7(8)22-14-12(18)11(17)10(16)9(5-15)23-14/h2-4,9-12,14-18H,5H2,1H3,(H,19,20)/t9-,10+,11+,12-,14-/m0/s1. The summed E-state index contributed by atoms with van der Waals surface area (Å²) in [5.41, 5.74) is -0.0250. The van der Waals surface area contributed by atoms with E-state index >= 15 is 0 Å². The van der Waals surface area contributed by atoms with Crippen molar-refractivity contribution in [2.24, 2.45) is 0 Å². The number of carbonyl (C=O) groups is 1. The van der Waals surface area contributed by atoms with Gasteiger partial charge in [0, 0.05) is 0 Å². The summed E-state index contributed by atoms with van der Waals surface area (Å²) in [5, 5.41) is 47.4. The summed E-state index contributed by atoms with van der Waals surface area (Å²) < 4.78 is 15.6. The fourth-order valence-electron chi connectivity index (χ4n) is 2.19. The predicted molar refractivity (Wildman–Crippen MR) is 74.3 cm³/mol. The number of aromatic carboxylic acids is 1. The van der Waals surface area contributed by atoms with Gasteiger partial charge >= 0.3 is 5.97 Å². The smallest absolute Gasteiger partial charge is 0.335 e. The number of ether oxygens (including phenoxy) is 3. The van der Waals surface area contributed by atoms with Crippen LogP contribution >= 0.6 is 0 Å². The summed E-state index contributed by atoms with van der Waals surface area (Å²) in [6, 6.07) is 3.80. The molecule has 1 heterocycles. The second-order valence-electron chi connectivity index (χ2n) is 4.99. The van der Waals surface area contributed by atoms with E-state index in [-0.39, 0.29) is 17.1 Å². The topological polar surface area (TPSA) is 146 Å². The molecule has 23 heavy (non-hydrogen) atoms. The summed E-state index contributed by atoms with van der Waals surface area (Å²) in [6.07, 6.45) is -7.13. The van der Waals surface area contributed by atoms with Crippen molar-refractivity contribution < 1.29 is 44.5 Å². The minimum Gasteiger partial charge on any atom is -0.493 e. The largest absolute Gasteiger partial charge is 0.493 e. The second-order valence-corrected chi connectivity index (χ2v) is 4.99. The SMILES string of the molecule is COc1cc(C(=O)O)ccc1O[C@H]1O[C@@H](CO)[C@@H](O)[C@@H](O)[C@@H]1O. The Bertz CT molecular complexity index is 559. The average molecular weight is 330 g/mol. The highest BCUT2D eigenvalue weighted by molar-refractivity contribution is 5.88. The highest BCUT2D eigenvalue weighted by Crippen LogP contribution is 2.31. The van der Waals surface area contributed by atoms with E-state index in [9.17, 15) is 20.1 Å². The molecule has 0 unspecified atom stereocenters. The molecule has 0 saturated carbocycles. The Hall–Kier alpha value is -1.91. The number of aliphatic hydroxyl groups excluding tert-OH is 4. The lowest BCUT2D eigenvalue weighted by Gasteiger charge is -2.39. The Morgan fingerprint density at radius 3 is 2.43 bits per heavy atom. The number of hydrogen-bond acceptors (Lipinski definition) is 8. The number of hydrogen-bond donors (Lipinski definition) is 5. The molecule has 1 aliphatic rings. The van der Waals surface area contributed by atoms with Gasteiger partial charge in [-0.3, -0.25) is 0 Å². The molecule has 1 aliphatic heterocycles. The van der Waals surface area contributed by atoms with Crippen LogP contribution in [0.2, 0.25) is 0 Å². The highest BCUT2D eigenvalue weighted by atomic mass is 16.7. The minimum absolute atomic E-state index is 0.0250. The lowest BCUT2D eigenvalue weighted by atomic mass is 9.99. The molecule has 1 aromatic carbocycles. The predicted octanol–water partition coefficient (Wildman–Crippen LogP) is -1.43. The van der Waals surface area contributed by atoms with E-state index < -0.39 is 43.3 Å². The number of carboxylic acids is 1. The van der Waals surface area contributed by atoms with Crippen LogP contribution in [0.25, 0.3) is 0 Å². The van der Waals surface area contributed by atoms with Gasteiger partial charge in [-0.25, -0.2) is 4.79 Å². The quantitative estimate of drug-likeness (QED) is 0.438. The zero-order chi connectivity index (χ0) is 17.1. The van der Waals surface area contributed by atoms with Crippen molar-refractivity contribution in [3.63, 3.8) is 0 Å². The van der Waals surface area contributed by atoms with Gasteiger partial charge in [0.1, 0.15) is 24.4 Å². The zero-order valence-corrected chi connectivity index (χ0v) is 12.2. The molecule has 128 valence electrons. The van der Waals surface area contributed by atoms with Gasteiger partial charge < -0.3 is 39.7 Å². The first-order valence-corrected chi connectivity index (χ1v) is 6.77. The van der Waals surface area contributed by atoms with Gasteiger partial charge in [0.25, 0.3) is 0 Å². The third kappa shape index (κ3) is 3.54. The molecule has 1 saturated heterocycles. The Morgan fingerprint density at radius 2 is 1.87 bits per heavy atom. The molecule has 0 amide bonds. The van der Waals surface area contributed by atoms with Crippen molar-refractivity contribution in [1.29, 1.82) is 0 Å². The summed E-state index contributed by atoms with van der Waals surface area (Å²) in [7, 11) is 1.31. The van der Waals surface area contributed by atoms with E-state index in [0.29, 0.717) is 0 Å². The third-order valence-electron chi connectivity index (χ3n) is 3.50. The first-order chi connectivity index (χ1) is 10.9. The average Bonchev–Trinajstić information content (AvgIpc) is 2.55. The fraction of sp³-hybridized carbons (Fsp3) is 0.500. The van der Waals surface area contributed by atoms with Gasteiger partial charge in [0.2, 0.25) is 6.29 Å². The number of carboxylic acid groups (broad SMARTS) is 1. The van der Waals surface area contributed by atoms with Crippen LogP contribution in [0.4, 0.5) is 0 Å². The molecule has 1 fully saturated rings. The molecule has 5 N–H and O–H groups in total. The molecule has 2 rings (SSSR count). The molecular formula is C14H18O9. The van der Waals surface area contributed by atoms with E-state index in [1.807, 2.05) is 0 Å². The molecule has 0 spiro atoms. The van der Waals surface area contributed by atoms with E-state index in [2.05, 4.69) is 0 Å². The van der Waals surface area contributed by atoms with Crippen LogP contribution in [0.1, 0.15) is 10.4 Å². The molecule has 0 aromatic heterocycles. The van der Waals surface area contributed by atoms with E-state index in [1.165, 1.54) is 25.3 Å². The van der Waals surface area contributed by atoms with Crippen LogP contribution in [0, 0.1) is 0 Å². The lowest BCUT2D eigenvalue weighted by Crippen LogP contribution is -2.60. The van der Waals surface area contributed by atoms with Crippen molar-refractivity contribution in [1.82, 2.24) is 0 Å². The maximum Gasteiger partial charge on any atom is 0.335 e. The summed E-state index contributed by atoms with van der Waals surface area (Å²) >= 11 is 0. The van der Waals surface area contributed by atoms with Crippen LogP contribution in [0.3, 0.4) is 0 Å². The van der Waals surface area contributed by atoms with Crippen molar-refractivity contribution in [3.8, 4) is 11.5 Å². The summed E-state index contributed by atoms with van der Waals surface area (Å²) in [4.78, 5) is 10.9. The number of methoxy groups -OCH3 is 1. The molecule has 9 nitrogen and oxygen atoms in total. The van der Waals surface area contributed by atoms with Crippen LogP contribution in [0.15, 0.2) is 18.2 Å². The van der Waals surface area contributed by atoms with Crippen LogP contribution < -0.4 is 9.47 Å². The number of rotatable bonds is 5. The monoisotopic (exact) mass is 330 g/mol. The molecular weight excluding hydrogens is 312 g/mol. The minimum atomic E-state index is -1.57. The molecule has 1 aromatic rings. The molecule has 5 atom stereocenters. The van der Waals surface area contributed by atoms with Crippen molar-refractivity contribution >= 4 is 5.97 Å². The third-order valence-corrected chi connectivity index (χ3v) is 3.50. The van der Waals surface area contributed by atoms with Gasteiger partial charge in [-0.1, -0.05) is 0 Å². The number of aliphatic hydroxyl groups is 4. The summed E-state index contributed by atoms with van der Waals surface area (Å²) in [6.45, 7) is -0.583. The zero-order valence-electron chi connectivity index (χ0n) is 12.2. The Morgan fingerprint density at radius 1 is 1.17 bits per heavy atom. The van der Waals surface area contributed by atoms with E-state index in [4.69, 9.17) is 24.4 Å². The van der Waals surface area contributed by atoms with Crippen molar-refractivity contribution in [2.45, 2.75) is 30.7 Å². The second kappa shape index (κ2) is 7.11. The van der Waals surface area contributed by atoms with Crippen molar-refractivity contribution in [3.05, 3.63) is 23.8 Å². The van der Waals surface area contributed by atoms with Gasteiger partial charge in [-0.2, -0.15) is 0 Å². The Balaban J connectivity index is 2.22. The summed E-state index contributed by atoms with van der Waals surface area (Å²) in [5.74, 6) is -0.994. The number of benzene rings is 1. The van der Waals surface area contributed by atoms with Gasteiger partial charge in [-0.15, -0.1) is 0 Å². The molecule has 0 bridgehead atoms. The van der Waals surface area contributed by atoms with Gasteiger partial charge in [-0.05, 0) is 18.2 Å². The highest BCUT2D eigenvalue weighted by Gasteiger charge is 2.44. The van der Waals surface area contributed by atoms with E-state index in [0.717, 1.165) is 0 Å². The van der Waals surface area contributed by atoms with Crippen LogP contribution in [0.5, 0.6) is 11.5 Å². The van der Waals surface area contributed by atoms with Crippen LogP contribution in [-0.2, 0) is 4.74 Å². The fourth-order valence-corrected chi connectivity index (χ4v) is 2.19. The van der Waals surface area contributed by atoms with Crippen molar-refractivity contribution in [2.75, 3.05) is 13.7 Å². The lowest BCUT2D eigenvalue weighted by molar-refractivity contribution is -0.277. The molecule has 9 heteroatoms. The van der Waals surface area contributed by atoms with Gasteiger partial charge in [0.15, 0.2) is 11.5 Å². The maximum atomic E-state index is 10.9. The van der Waals surface area contributed by atoms with E-state index in [1.54, 1.807) is 0 Å².